The summed E-state index contributed by atoms with van der Waals surface area (Å²) in [4.78, 5) is 0. The monoisotopic (exact) mass is 138 g/mol. The van der Waals surface area contributed by atoms with Crippen molar-refractivity contribution in [1.29, 1.82) is 0 Å². The summed E-state index contributed by atoms with van der Waals surface area (Å²) in [5, 5.41) is 0. The molecule has 4 heavy (non-hydrogen) atoms. The minimum absolute atomic E-state index is 0. The summed E-state index contributed by atoms with van der Waals surface area (Å²) in [6.07, 6.45) is 0. The molecule has 0 aliphatic rings. The molecule has 0 saturated carbocycles. The van der Waals surface area contributed by atoms with Crippen LogP contribution in [0.2, 0.25) is 0 Å². The van der Waals surface area contributed by atoms with Crippen molar-refractivity contribution >= 4 is 35.7 Å². The first-order valence-corrected chi connectivity index (χ1v) is 0. The van der Waals surface area contributed by atoms with Crippen LogP contribution in [0.3, 0.4) is 0 Å². The molecule has 0 bridgehead atoms. The Balaban J connectivity index is 0. The van der Waals surface area contributed by atoms with Gasteiger partial charge in [-0.3, -0.25) is 0 Å². The van der Waals surface area contributed by atoms with Crippen molar-refractivity contribution in [3.63, 3.8) is 0 Å². The molecule has 28 valence electrons. The van der Waals surface area contributed by atoms with Gasteiger partial charge in [0.2, 0.25) is 0 Å². The normalized spacial score (nSPS) is 0. The van der Waals surface area contributed by atoms with Crippen molar-refractivity contribution in [2.75, 3.05) is 0 Å². The maximum Gasteiger partial charge on any atom is 0.187 e. The molecular formula is H6AlBCuP. The predicted molar refractivity (Wildman–Crippen MR) is 26.8 cm³/mol. The molecule has 1 unspecified atom stereocenters. The minimum Gasteiger partial charge on any atom is -0.153 e. The molecule has 0 aromatic heterocycles. The molecule has 4 radical (unpaired) electrons. The van der Waals surface area contributed by atoms with Gasteiger partial charge in [0.1, 0.15) is 0 Å². The average molecular weight is 138 g/mol. The van der Waals surface area contributed by atoms with Crippen molar-refractivity contribution in [3.8, 4) is 0 Å². The van der Waals surface area contributed by atoms with Gasteiger partial charge in [0, 0.05) is 25.5 Å². The van der Waals surface area contributed by atoms with Crippen LogP contribution in [0.4, 0.5) is 0 Å². The Morgan fingerprint density at radius 3 is 1.00 bits per heavy atom. The standard InChI is InChI=1S/Al.B.Cu.H3P.3H/h;;;1H3;;;. The zero-order chi connectivity index (χ0) is 0. The maximum absolute atomic E-state index is 0. The summed E-state index contributed by atoms with van der Waals surface area (Å²) in [6, 6.07) is 0. The molecule has 0 heterocycles. The molecule has 4 heteroatoms. The molecule has 0 rings (SSSR count). The molecule has 0 aromatic carbocycles. The molecule has 0 aromatic rings. The van der Waals surface area contributed by atoms with Crippen LogP contribution < -0.4 is 0 Å². The molecule has 1 atom stereocenters. The molecule has 0 saturated heterocycles. The van der Waals surface area contributed by atoms with E-state index in [1.165, 1.54) is 0 Å². The molecule has 0 N–H and O–H groups in total. The van der Waals surface area contributed by atoms with Crippen LogP contribution in [0.25, 0.3) is 0 Å². The predicted octanol–water partition coefficient (Wildman–Crippen LogP) is -1.51. The third-order valence-electron chi connectivity index (χ3n) is 0. The van der Waals surface area contributed by atoms with E-state index in [1.54, 1.807) is 0 Å². The SMILES string of the molecule is P.[AlH3].[B].[Cu]. The first kappa shape index (κ1) is 47.9. The molecule has 0 aliphatic carbocycles. The van der Waals surface area contributed by atoms with Crippen LogP contribution in [0.15, 0.2) is 0 Å². The summed E-state index contributed by atoms with van der Waals surface area (Å²) < 4.78 is 0. The van der Waals surface area contributed by atoms with Gasteiger partial charge in [0.25, 0.3) is 0 Å². The van der Waals surface area contributed by atoms with Gasteiger partial charge < -0.3 is 0 Å². The maximum atomic E-state index is 0. The summed E-state index contributed by atoms with van der Waals surface area (Å²) in [5.74, 6) is 0. The Kier molecular flexibility index (Phi) is 286. The van der Waals surface area contributed by atoms with Crippen LogP contribution in [0.5, 0.6) is 0 Å². The van der Waals surface area contributed by atoms with Crippen LogP contribution in [-0.4, -0.2) is 25.8 Å². The Hall–Kier alpha value is 1.55. The van der Waals surface area contributed by atoms with Crippen LogP contribution in [0.1, 0.15) is 0 Å². The van der Waals surface area contributed by atoms with Gasteiger partial charge in [0.15, 0.2) is 17.4 Å². The number of hydrogen-bond acceptors (Lipinski definition) is 0. The van der Waals surface area contributed by atoms with Crippen molar-refractivity contribution in [1.82, 2.24) is 0 Å². The van der Waals surface area contributed by atoms with E-state index in [0.717, 1.165) is 0 Å². The van der Waals surface area contributed by atoms with E-state index in [9.17, 15) is 0 Å². The number of rotatable bonds is 0. The fourth-order valence-corrected chi connectivity index (χ4v) is 0. The fraction of sp³-hybridized carbons (Fsp3) is 0. The van der Waals surface area contributed by atoms with Crippen LogP contribution >= 0.6 is 9.90 Å². The van der Waals surface area contributed by atoms with Crippen molar-refractivity contribution < 1.29 is 17.1 Å². The second kappa shape index (κ2) is 23.9. The van der Waals surface area contributed by atoms with E-state index in [2.05, 4.69) is 0 Å². The fourth-order valence-electron chi connectivity index (χ4n) is 0. The second-order valence-corrected chi connectivity index (χ2v) is 0. The van der Waals surface area contributed by atoms with Crippen molar-refractivity contribution in [3.05, 3.63) is 0 Å². The largest absolute Gasteiger partial charge is 0.187 e. The van der Waals surface area contributed by atoms with E-state index in [-0.39, 0.29) is 52.7 Å². The van der Waals surface area contributed by atoms with Crippen molar-refractivity contribution in [2.45, 2.75) is 0 Å². The van der Waals surface area contributed by atoms with Gasteiger partial charge in [-0.15, -0.1) is 0 Å². The van der Waals surface area contributed by atoms with Gasteiger partial charge >= 0.3 is 0 Å². The van der Waals surface area contributed by atoms with Gasteiger partial charge in [-0.05, 0) is 0 Å². The Bertz CT molecular complexity index is 8.00. The Morgan fingerprint density at radius 2 is 1.00 bits per heavy atom. The second-order valence-electron chi connectivity index (χ2n) is 0. The molecule has 0 nitrogen and oxygen atoms in total. The average Bonchev–Trinajstić information content (AvgIpc) is 0. The third kappa shape index (κ3) is 9.62. The molecule has 0 spiro atoms. The Labute approximate surface area is 52.9 Å². The van der Waals surface area contributed by atoms with Crippen LogP contribution in [0, 0.1) is 0 Å². The van der Waals surface area contributed by atoms with E-state index < -0.39 is 0 Å². The zero-order valence-corrected chi connectivity index (χ0v) is 3.94. The topological polar surface area (TPSA) is 0 Å². The van der Waals surface area contributed by atoms with E-state index in [4.69, 9.17) is 0 Å². The van der Waals surface area contributed by atoms with Crippen LogP contribution in [-0.2, 0) is 17.1 Å². The van der Waals surface area contributed by atoms with E-state index >= 15 is 0 Å². The first-order chi connectivity index (χ1) is 0. The van der Waals surface area contributed by atoms with E-state index in [1.807, 2.05) is 0 Å². The quantitative estimate of drug-likeness (QED) is 0.282. The van der Waals surface area contributed by atoms with Gasteiger partial charge in [-0.2, -0.15) is 9.90 Å². The molecule has 0 fully saturated rings. The van der Waals surface area contributed by atoms with Gasteiger partial charge in [-0.1, -0.05) is 0 Å². The molecule has 0 aliphatic heterocycles. The molecule has 0 amide bonds. The third-order valence-corrected chi connectivity index (χ3v) is 0. The molecular weight excluding hydrogens is 132 g/mol. The zero-order valence-electron chi connectivity index (χ0n) is 1.59. The van der Waals surface area contributed by atoms with Crippen molar-refractivity contribution in [2.24, 2.45) is 0 Å². The minimum atomic E-state index is 0. The summed E-state index contributed by atoms with van der Waals surface area (Å²) >= 11 is 0. The Morgan fingerprint density at radius 1 is 1.00 bits per heavy atom. The first-order valence-electron chi connectivity index (χ1n) is 0. The van der Waals surface area contributed by atoms with Gasteiger partial charge in [0.05, 0.1) is 0 Å². The van der Waals surface area contributed by atoms with Gasteiger partial charge in [-0.25, -0.2) is 0 Å². The summed E-state index contributed by atoms with van der Waals surface area (Å²) in [6.45, 7) is 0. The smallest absolute Gasteiger partial charge is 0.153 e. The summed E-state index contributed by atoms with van der Waals surface area (Å²) in [5.41, 5.74) is 0. The van der Waals surface area contributed by atoms with E-state index in [0.29, 0.717) is 0 Å². The number of hydrogen-bond donors (Lipinski definition) is 0. The summed E-state index contributed by atoms with van der Waals surface area (Å²) in [7, 11) is 0.